The van der Waals surface area contributed by atoms with Crippen molar-refractivity contribution in [2.24, 2.45) is 5.92 Å². The maximum Gasteiger partial charge on any atom is 0.263 e. The Bertz CT molecular complexity index is 1140. The van der Waals surface area contributed by atoms with Crippen molar-refractivity contribution < 1.29 is 4.79 Å². The Hall–Kier alpha value is -2.35. The Morgan fingerprint density at radius 1 is 1.23 bits per heavy atom. The predicted molar refractivity (Wildman–Crippen MR) is 120 cm³/mol. The van der Waals surface area contributed by atoms with Crippen molar-refractivity contribution >= 4 is 36.4 Å². The molecule has 160 valence electrons. The summed E-state index contributed by atoms with van der Waals surface area (Å²) >= 11 is 0. The van der Waals surface area contributed by atoms with Gasteiger partial charge in [0.15, 0.2) is 0 Å². The van der Waals surface area contributed by atoms with E-state index in [2.05, 4.69) is 15.6 Å². The Labute approximate surface area is 186 Å². The molecule has 2 aliphatic heterocycles. The lowest BCUT2D eigenvalue weighted by atomic mass is 9.84. The van der Waals surface area contributed by atoms with Gasteiger partial charge in [0.1, 0.15) is 11.2 Å². The third kappa shape index (κ3) is 3.85. The van der Waals surface area contributed by atoms with Gasteiger partial charge >= 0.3 is 0 Å². The van der Waals surface area contributed by atoms with E-state index in [4.69, 9.17) is 0 Å². The van der Waals surface area contributed by atoms with Gasteiger partial charge in [0.05, 0.1) is 12.2 Å². The molecule has 2 bridgehead atoms. The highest BCUT2D eigenvalue weighted by Gasteiger charge is 2.31. The summed E-state index contributed by atoms with van der Waals surface area (Å²) in [5.41, 5.74) is 3.75. The van der Waals surface area contributed by atoms with Crippen LogP contribution in [-0.4, -0.2) is 32.9 Å². The van der Waals surface area contributed by atoms with Gasteiger partial charge in [-0.3, -0.25) is 9.59 Å². The second-order valence-corrected chi connectivity index (χ2v) is 7.85. The van der Waals surface area contributed by atoms with E-state index in [0.717, 1.165) is 42.2 Å². The van der Waals surface area contributed by atoms with E-state index in [1.807, 2.05) is 46.4 Å². The van der Waals surface area contributed by atoms with Crippen molar-refractivity contribution in [3.8, 4) is 0 Å². The minimum atomic E-state index is -0.345. The maximum absolute atomic E-state index is 12.9. The Kier molecular flexibility index (Phi) is 6.55. The molecule has 1 amide bonds. The predicted octanol–water partition coefficient (Wildman–Crippen LogP) is 2.28. The van der Waals surface area contributed by atoms with Crippen LogP contribution in [0.25, 0.3) is 5.65 Å². The minimum absolute atomic E-state index is 0. The van der Waals surface area contributed by atoms with E-state index in [1.54, 1.807) is 6.07 Å². The second kappa shape index (κ2) is 8.79. The zero-order valence-electron chi connectivity index (χ0n) is 16.6. The molecule has 0 aromatic carbocycles. The van der Waals surface area contributed by atoms with Gasteiger partial charge in [0, 0.05) is 36.6 Å². The average molecular weight is 450 g/mol. The molecule has 2 N–H and O–H groups in total. The van der Waals surface area contributed by atoms with E-state index in [0.29, 0.717) is 18.4 Å². The third-order valence-corrected chi connectivity index (χ3v) is 5.93. The van der Waals surface area contributed by atoms with Crippen molar-refractivity contribution in [1.29, 1.82) is 0 Å². The summed E-state index contributed by atoms with van der Waals surface area (Å²) in [7, 11) is 0. The van der Waals surface area contributed by atoms with Crippen molar-refractivity contribution in [1.82, 2.24) is 24.6 Å². The summed E-state index contributed by atoms with van der Waals surface area (Å²) in [6.45, 7) is 4.82. The Balaban J connectivity index is 0.00000128. The third-order valence-electron chi connectivity index (χ3n) is 5.93. The highest BCUT2D eigenvalue weighted by molar-refractivity contribution is 5.93. The summed E-state index contributed by atoms with van der Waals surface area (Å²) in [4.78, 5) is 30.2. The lowest BCUT2D eigenvalue weighted by Gasteiger charge is -2.37. The van der Waals surface area contributed by atoms with Crippen molar-refractivity contribution in [3.63, 3.8) is 0 Å². The molecule has 5 heterocycles. The molecule has 3 aromatic heterocycles. The minimum Gasteiger partial charge on any atom is -0.346 e. The molecule has 9 heteroatoms. The number of aryl methyl sites for hydroxylation is 1. The number of hydrogen-bond donors (Lipinski definition) is 2. The number of imidazole rings is 1. The summed E-state index contributed by atoms with van der Waals surface area (Å²) in [6.07, 6.45) is 3.03. The van der Waals surface area contributed by atoms with Crippen LogP contribution >= 0.6 is 24.8 Å². The van der Waals surface area contributed by atoms with Gasteiger partial charge in [-0.05, 0) is 50.1 Å². The number of carbonyl (C=O) groups is 1. The van der Waals surface area contributed by atoms with E-state index < -0.39 is 0 Å². The van der Waals surface area contributed by atoms with Crippen molar-refractivity contribution in [3.05, 3.63) is 69.5 Å². The largest absolute Gasteiger partial charge is 0.346 e. The van der Waals surface area contributed by atoms with E-state index in [-0.39, 0.29) is 48.4 Å². The SMILES string of the molecule is Cc1cccc2nc(CNC(=O)c3ccc4n(c3=O)C[C@@H]3CNC[C@H]4C3)cn12.Cl.Cl. The fraction of sp³-hybridized carbons (Fsp3) is 0.381. The molecule has 0 saturated carbocycles. The highest BCUT2D eigenvalue weighted by Crippen LogP contribution is 2.31. The van der Waals surface area contributed by atoms with Crippen LogP contribution in [0.3, 0.4) is 0 Å². The van der Waals surface area contributed by atoms with Crippen LogP contribution in [0.2, 0.25) is 0 Å². The van der Waals surface area contributed by atoms with Gasteiger partial charge in [-0.2, -0.15) is 0 Å². The number of aromatic nitrogens is 3. The Morgan fingerprint density at radius 2 is 2.07 bits per heavy atom. The van der Waals surface area contributed by atoms with Crippen LogP contribution in [-0.2, 0) is 13.1 Å². The normalized spacial score (nSPS) is 19.4. The number of pyridine rings is 2. The average Bonchev–Trinajstić information content (AvgIpc) is 3.12. The zero-order chi connectivity index (χ0) is 19.3. The van der Waals surface area contributed by atoms with Crippen LogP contribution in [0.15, 0.2) is 41.3 Å². The van der Waals surface area contributed by atoms with Gasteiger partial charge in [-0.15, -0.1) is 24.8 Å². The monoisotopic (exact) mass is 449 g/mol. The molecule has 2 aliphatic rings. The van der Waals surface area contributed by atoms with Gasteiger partial charge in [0.25, 0.3) is 11.5 Å². The molecule has 2 atom stereocenters. The van der Waals surface area contributed by atoms with Crippen LogP contribution in [0.5, 0.6) is 0 Å². The van der Waals surface area contributed by atoms with Crippen LogP contribution in [0, 0.1) is 12.8 Å². The molecule has 7 nitrogen and oxygen atoms in total. The van der Waals surface area contributed by atoms with E-state index >= 15 is 0 Å². The molecule has 0 aliphatic carbocycles. The quantitative estimate of drug-likeness (QED) is 0.642. The fourth-order valence-corrected chi connectivity index (χ4v) is 4.51. The first kappa shape index (κ1) is 22.3. The first-order valence-corrected chi connectivity index (χ1v) is 9.76. The van der Waals surface area contributed by atoms with E-state index in [1.165, 1.54) is 0 Å². The first-order valence-electron chi connectivity index (χ1n) is 9.76. The maximum atomic E-state index is 12.9. The number of nitrogens with zero attached hydrogens (tertiary/aromatic N) is 3. The van der Waals surface area contributed by atoms with Gasteiger partial charge in [0.2, 0.25) is 0 Å². The number of rotatable bonds is 3. The van der Waals surface area contributed by atoms with Crippen LogP contribution in [0.1, 0.15) is 39.8 Å². The molecule has 1 fully saturated rings. The molecule has 0 spiro atoms. The number of carbonyl (C=O) groups excluding carboxylic acids is 1. The second-order valence-electron chi connectivity index (χ2n) is 7.85. The van der Waals surface area contributed by atoms with Crippen LogP contribution in [0.4, 0.5) is 0 Å². The molecule has 1 saturated heterocycles. The number of piperidine rings is 1. The summed E-state index contributed by atoms with van der Waals surface area (Å²) in [5, 5.41) is 6.29. The smallest absolute Gasteiger partial charge is 0.263 e. The molecular formula is C21H25Cl2N5O2. The van der Waals surface area contributed by atoms with Crippen LogP contribution < -0.4 is 16.2 Å². The molecular weight excluding hydrogens is 425 g/mol. The molecule has 3 aromatic rings. The summed E-state index contributed by atoms with van der Waals surface area (Å²) < 4.78 is 3.80. The first-order chi connectivity index (χ1) is 13.6. The lowest BCUT2D eigenvalue weighted by molar-refractivity contribution is 0.0947. The summed E-state index contributed by atoms with van der Waals surface area (Å²) in [5.74, 6) is 0.477. The topological polar surface area (TPSA) is 80.4 Å². The lowest BCUT2D eigenvalue weighted by Crippen LogP contribution is -2.46. The number of hydrogen-bond acceptors (Lipinski definition) is 4. The molecule has 30 heavy (non-hydrogen) atoms. The van der Waals surface area contributed by atoms with Gasteiger partial charge in [-0.25, -0.2) is 4.98 Å². The number of amides is 1. The van der Waals surface area contributed by atoms with Crippen molar-refractivity contribution in [2.75, 3.05) is 13.1 Å². The fourth-order valence-electron chi connectivity index (χ4n) is 4.51. The van der Waals surface area contributed by atoms with Gasteiger partial charge in [-0.1, -0.05) is 6.07 Å². The number of fused-ring (bicyclic) bond motifs is 5. The number of halogens is 2. The highest BCUT2D eigenvalue weighted by atomic mass is 35.5. The number of nitrogens with one attached hydrogen (secondary N) is 2. The van der Waals surface area contributed by atoms with Crippen molar-refractivity contribution in [2.45, 2.75) is 32.4 Å². The van der Waals surface area contributed by atoms with E-state index in [9.17, 15) is 9.59 Å². The summed E-state index contributed by atoms with van der Waals surface area (Å²) in [6, 6.07) is 9.51. The molecule has 0 radical (unpaired) electrons. The molecule has 5 rings (SSSR count). The van der Waals surface area contributed by atoms with Gasteiger partial charge < -0.3 is 19.6 Å². The standard InChI is InChI=1S/C21H23N5O2.2ClH/c1-13-3-2-4-19-24-16(12-25(13)19)10-23-20(27)17-5-6-18-15-7-14(8-22-9-15)11-26(18)21(17)28;;/h2-6,12,14-15,22H,7-11H2,1H3,(H,23,27);2*1H/t14-,15+;;/m0../s1. The Morgan fingerprint density at radius 3 is 2.87 bits per heavy atom. The molecule has 0 unspecified atom stereocenters. The zero-order valence-corrected chi connectivity index (χ0v) is 18.3.